The summed E-state index contributed by atoms with van der Waals surface area (Å²) in [6, 6.07) is 0.308. The van der Waals surface area contributed by atoms with E-state index in [-0.39, 0.29) is 5.92 Å². The minimum absolute atomic E-state index is 0.186. The van der Waals surface area contributed by atoms with Crippen LogP contribution in [-0.2, 0) is 10.3 Å². The van der Waals surface area contributed by atoms with E-state index in [1.165, 1.54) is 0 Å². The molecule has 21 heavy (non-hydrogen) atoms. The fourth-order valence-corrected chi connectivity index (χ4v) is 2.48. The molecular formula is C16H31N3O2. The number of nitrogens with one attached hydrogen (secondary N) is 1. The van der Waals surface area contributed by atoms with Crippen LogP contribution in [0.15, 0.2) is 4.52 Å². The summed E-state index contributed by atoms with van der Waals surface area (Å²) in [7, 11) is 0. The lowest BCUT2D eigenvalue weighted by atomic mass is 9.96. The molecule has 1 aromatic heterocycles. The van der Waals surface area contributed by atoms with Crippen molar-refractivity contribution in [1.82, 2.24) is 15.5 Å². The Morgan fingerprint density at radius 1 is 1.19 bits per heavy atom. The highest BCUT2D eigenvalue weighted by molar-refractivity contribution is 5.04. The standard InChI is InChI=1S/C16H31N3O2/c1-7-11-17-13(6)12(5)14-18-15(19-21-14)16(8-2,9-3)20-10-4/h12-13,17H,7-11H2,1-6H3. The molecular weight excluding hydrogens is 266 g/mol. The Hall–Kier alpha value is -0.940. The van der Waals surface area contributed by atoms with Crippen LogP contribution in [0.5, 0.6) is 0 Å². The third kappa shape index (κ3) is 4.27. The van der Waals surface area contributed by atoms with Gasteiger partial charge in [-0.15, -0.1) is 0 Å². The monoisotopic (exact) mass is 297 g/mol. The van der Waals surface area contributed by atoms with Crippen LogP contribution in [0.3, 0.4) is 0 Å². The average Bonchev–Trinajstić information content (AvgIpc) is 2.99. The van der Waals surface area contributed by atoms with Gasteiger partial charge in [0.2, 0.25) is 11.7 Å². The van der Waals surface area contributed by atoms with Gasteiger partial charge in [0.05, 0.1) is 5.92 Å². The third-order valence-electron chi connectivity index (χ3n) is 4.27. The Balaban J connectivity index is 2.88. The van der Waals surface area contributed by atoms with Crippen molar-refractivity contribution in [3.05, 3.63) is 11.7 Å². The van der Waals surface area contributed by atoms with Gasteiger partial charge in [-0.3, -0.25) is 0 Å². The van der Waals surface area contributed by atoms with Crippen LogP contribution in [0.1, 0.15) is 78.4 Å². The molecule has 1 aromatic rings. The maximum Gasteiger partial charge on any atom is 0.231 e. The largest absolute Gasteiger partial charge is 0.367 e. The molecule has 1 N–H and O–H groups in total. The molecule has 0 aliphatic heterocycles. The molecule has 0 radical (unpaired) electrons. The molecule has 122 valence electrons. The average molecular weight is 297 g/mol. The Bertz CT molecular complexity index is 402. The molecule has 2 atom stereocenters. The lowest BCUT2D eigenvalue weighted by Gasteiger charge is -2.27. The van der Waals surface area contributed by atoms with Crippen LogP contribution in [0.4, 0.5) is 0 Å². The van der Waals surface area contributed by atoms with E-state index in [0.29, 0.717) is 24.4 Å². The number of aromatic nitrogens is 2. The molecule has 0 fully saturated rings. The number of hydrogen-bond acceptors (Lipinski definition) is 5. The fraction of sp³-hybridized carbons (Fsp3) is 0.875. The quantitative estimate of drug-likeness (QED) is 0.715. The van der Waals surface area contributed by atoms with Gasteiger partial charge in [0.1, 0.15) is 5.60 Å². The first-order chi connectivity index (χ1) is 10.0. The molecule has 0 bridgehead atoms. The molecule has 0 aromatic carbocycles. The highest BCUT2D eigenvalue weighted by atomic mass is 16.5. The van der Waals surface area contributed by atoms with Gasteiger partial charge in [-0.1, -0.05) is 32.9 Å². The molecule has 0 aliphatic rings. The van der Waals surface area contributed by atoms with E-state index < -0.39 is 5.60 Å². The van der Waals surface area contributed by atoms with E-state index in [0.717, 1.165) is 25.8 Å². The summed E-state index contributed by atoms with van der Waals surface area (Å²) in [5, 5.41) is 7.67. The lowest BCUT2D eigenvalue weighted by Crippen LogP contribution is -2.32. The van der Waals surface area contributed by atoms with Gasteiger partial charge in [0.25, 0.3) is 0 Å². The molecule has 0 saturated heterocycles. The Morgan fingerprint density at radius 3 is 2.38 bits per heavy atom. The van der Waals surface area contributed by atoms with Gasteiger partial charge in [-0.25, -0.2) is 0 Å². The van der Waals surface area contributed by atoms with E-state index in [2.05, 4.69) is 50.1 Å². The van der Waals surface area contributed by atoms with Gasteiger partial charge in [-0.2, -0.15) is 4.98 Å². The predicted octanol–water partition coefficient (Wildman–Crippen LogP) is 3.61. The van der Waals surface area contributed by atoms with Crippen molar-refractivity contribution in [1.29, 1.82) is 0 Å². The lowest BCUT2D eigenvalue weighted by molar-refractivity contribution is -0.0583. The number of hydrogen-bond donors (Lipinski definition) is 1. The van der Waals surface area contributed by atoms with Gasteiger partial charge in [0, 0.05) is 12.6 Å². The summed E-state index contributed by atoms with van der Waals surface area (Å²) in [5.74, 6) is 1.55. The Labute approximate surface area is 128 Å². The molecule has 0 aliphatic carbocycles. The SMILES string of the molecule is CCCNC(C)C(C)c1nc(C(CC)(CC)OCC)no1. The number of rotatable bonds is 10. The molecule has 0 spiro atoms. The first-order valence-corrected chi connectivity index (χ1v) is 8.25. The van der Waals surface area contributed by atoms with Gasteiger partial charge in [-0.05, 0) is 39.7 Å². The Kier molecular flexibility index (Phi) is 7.32. The topological polar surface area (TPSA) is 60.2 Å². The van der Waals surface area contributed by atoms with E-state index >= 15 is 0 Å². The first kappa shape index (κ1) is 18.1. The second kappa shape index (κ2) is 8.49. The van der Waals surface area contributed by atoms with Crippen molar-refractivity contribution in [2.24, 2.45) is 0 Å². The number of ether oxygens (including phenoxy) is 1. The minimum Gasteiger partial charge on any atom is -0.367 e. The van der Waals surface area contributed by atoms with E-state index in [4.69, 9.17) is 9.26 Å². The molecule has 2 unspecified atom stereocenters. The summed E-state index contributed by atoms with van der Waals surface area (Å²) in [6.45, 7) is 14.3. The van der Waals surface area contributed by atoms with Gasteiger partial charge < -0.3 is 14.6 Å². The second-order valence-electron chi connectivity index (χ2n) is 5.62. The van der Waals surface area contributed by atoms with Crippen molar-refractivity contribution in [2.45, 2.75) is 78.4 Å². The molecule has 1 heterocycles. The second-order valence-corrected chi connectivity index (χ2v) is 5.62. The van der Waals surface area contributed by atoms with Crippen molar-refractivity contribution >= 4 is 0 Å². The zero-order chi connectivity index (χ0) is 15.9. The predicted molar refractivity (Wildman–Crippen MR) is 84.4 cm³/mol. The maximum atomic E-state index is 5.93. The van der Waals surface area contributed by atoms with Crippen LogP contribution < -0.4 is 5.32 Å². The summed E-state index contributed by atoms with van der Waals surface area (Å²) in [6.07, 6.45) is 2.80. The van der Waals surface area contributed by atoms with Crippen molar-refractivity contribution in [3.8, 4) is 0 Å². The summed E-state index contributed by atoms with van der Waals surface area (Å²) >= 11 is 0. The molecule has 5 nitrogen and oxygen atoms in total. The molecule has 5 heteroatoms. The normalized spacial score (nSPS) is 15.1. The number of nitrogens with zero attached hydrogens (tertiary/aromatic N) is 2. The smallest absolute Gasteiger partial charge is 0.231 e. The Morgan fingerprint density at radius 2 is 1.86 bits per heavy atom. The zero-order valence-electron chi connectivity index (χ0n) is 14.4. The van der Waals surface area contributed by atoms with Crippen molar-refractivity contribution < 1.29 is 9.26 Å². The fourth-order valence-electron chi connectivity index (χ4n) is 2.48. The van der Waals surface area contributed by atoms with E-state index in [1.54, 1.807) is 0 Å². The zero-order valence-corrected chi connectivity index (χ0v) is 14.4. The molecule has 0 amide bonds. The van der Waals surface area contributed by atoms with Crippen LogP contribution in [0.2, 0.25) is 0 Å². The van der Waals surface area contributed by atoms with Crippen molar-refractivity contribution in [3.63, 3.8) is 0 Å². The third-order valence-corrected chi connectivity index (χ3v) is 4.27. The van der Waals surface area contributed by atoms with Crippen LogP contribution in [0.25, 0.3) is 0 Å². The minimum atomic E-state index is -0.420. The van der Waals surface area contributed by atoms with E-state index in [9.17, 15) is 0 Å². The molecule has 1 rings (SSSR count). The summed E-state index contributed by atoms with van der Waals surface area (Å²) in [5.41, 5.74) is -0.420. The van der Waals surface area contributed by atoms with Crippen LogP contribution >= 0.6 is 0 Å². The molecule has 0 saturated carbocycles. The summed E-state index contributed by atoms with van der Waals surface area (Å²) in [4.78, 5) is 4.63. The first-order valence-electron chi connectivity index (χ1n) is 8.25. The van der Waals surface area contributed by atoms with E-state index in [1.807, 2.05) is 6.92 Å². The van der Waals surface area contributed by atoms with Gasteiger partial charge in [0.15, 0.2) is 0 Å². The highest BCUT2D eigenvalue weighted by Crippen LogP contribution is 2.32. The summed E-state index contributed by atoms with van der Waals surface area (Å²) < 4.78 is 11.4. The van der Waals surface area contributed by atoms with Crippen LogP contribution in [-0.4, -0.2) is 29.3 Å². The maximum absolute atomic E-state index is 5.93. The highest BCUT2D eigenvalue weighted by Gasteiger charge is 2.35. The van der Waals surface area contributed by atoms with Crippen LogP contribution in [0, 0.1) is 0 Å². The van der Waals surface area contributed by atoms with Crippen molar-refractivity contribution in [2.75, 3.05) is 13.2 Å². The van der Waals surface area contributed by atoms with Gasteiger partial charge >= 0.3 is 0 Å².